The van der Waals surface area contributed by atoms with Crippen molar-refractivity contribution in [1.82, 2.24) is 4.98 Å². The molecular formula is C18H17N3O4S. The van der Waals surface area contributed by atoms with Crippen LogP contribution in [-0.2, 0) is 11.2 Å². The second-order valence-electron chi connectivity index (χ2n) is 5.79. The molecule has 0 aliphatic carbocycles. The maximum absolute atomic E-state index is 11.5. The number of carboxylic acid groups (broad SMARTS) is 1. The number of aryl methyl sites for hydroxylation is 2. The molecule has 0 fully saturated rings. The lowest BCUT2D eigenvalue weighted by Gasteiger charge is -2.11. The van der Waals surface area contributed by atoms with Gasteiger partial charge >= 0.3 is 5.97 Å². The Hall–Kier alpha value is -3.13. The number of aliphatic carboxylic acids is 1. The monoisotopic (exact) mass is 371 g/mol. The molecule has 0 saturated heterocycles. The van der Waals surface area contributed by atoms with Crippen molar-refractivity contribution in [1.29, 1.82) is 0 Å². The van der Waals surface area contributed by atoms with Gasteiger partial charge in [-0.2, -0.15) is 0 Å². The van der Waals surface area contributed by atoms with Crippen molar-refractivity contribution in [3.8, 4) is 11.5 Å². The molecule has 0 spiro atoms. The number of carbonyl (C=O) groups excluding carboxylic acids is 1. The molecule has 134 valence electrons. The number of benzene rings is 1. The van der Waals surface area contributed by atoms with Crippen LogP contribution in [0.5, 0.6) is 11.5 Å². The van der Waals surface area contributed by atoms with Crippen LogP contribution in [0, 0.1) is 6.92 Å². The second-order valence-corrected chi connectivity index (χ2v) is 6.79. The number of hydrogen-bond donors (Lipinski definition) is 3. The molecule has 0 saturated carbocycles. The Kier molecular flexibility index (Phi) is 4.77. The number of hydrogen-bond acceptors (Lipinski definition) is 6. The average molecular weight is 371 g/mol. The van der Waals surface area contributed by atoms with Gasteiger partial charge in [-0.05, 0) is 36.6 Å². The van der Waals surface area contributed by atoms with Gasteiger partial charge in [-0.25, -0.2) is 4.98 Å². The van der Waals surface area contributed by atoms with Gasteiger partial charge < -0.3 is 21.3 Å². The van der Waals surface area contributed by atoms with Crippen molar-refractivity contribution >= 4 is 39.1 Å². The van der Waals surface area contributed by atoms with Crippen LogP contribution in [0.15, 0.2) is 30.5 Å². The number of nitrogens with zero attached hydrogens (tertiary/aromatic N) is 1. The van der Waals surface area contributed by atoms with Gasteiger partial charge in [0.05, 0.1) is 11.1 Å². The van der Waals surface area contributed by atoms with Crippen molar-refractivity contribution in [2.75, 3.05) is 5.73 Å². The SMILES string of the molecule is Cc1cc(CCC(=O)O)ccc1Oc1ccnc2sc(C(N)=O)c(N)c12. The Balaban J connectivity index is 1.94. The summed E-state index contributed by atoms with van der Waals surface area (Å²) in [5.74, 6) is -0.337. The summed E-state index contributed by atoms with van der Waals surface area (Å²) in [5.41, 5.74) is 13.5. The summed E-state index contributed by atoms with van der Waals surface area (Å²) < 4.78 is 6.00. The molecule has 0 aliphatic heterocycles. The largest absolute Gasteiger partial charge is 0.481 e. The smallest absolute Gasteiger partial charge is 0.303 e. The summed E-state index contributed by atoms with van der Waals surface area (Å²) in [5, 5.41) is 9.34. The second kappa shape index (κ2) is 7.01. The number of ether oxygens (including phenoxy) is 1. The van der Waals surface area contributed by atoms with Crippen LogP contribution in [0.25, 0.3) is 10.2 Å². The van der Waals surface area contributed by atoms with Gasteiger partial charge in [0, 0.05) is 12.6 Å². The van der Waals surface area contributed by atoms with E-state index < -0.39 is 11.9 Å². The molecule has 7 nitrogen and oxygen atoms in total. The highest BCUT2D eigenvalue weighted by Crippen LogP contribution is 2.40. The maximum Gasteiger partial charge on any atom is 0.303 e. The quantitative estimate of drug-likeness (QED) is 0.611. The fourth-order valence-electron chi connectivity index (χ4n) is 2.64. The summed E-state index contributed by atoms with van der Waals surface area (Å²) in [6, 6.07) is 7.18. The Morgan fingerprint density at radius 3 is 2.69 bits per heavy atom. The number of fused-ring (bicyclic) bond motifs is 1. The van der Waals surface area contributed by atoms with E-state index in [1.807, 2.05) is 19.1 Å². The molecule has 3 aromatic rings. The molecule has 26 heavy (non-hydrogen) atoms. The van der Waals surface area contributed by atoms with Crippen molar-refractivity contribution in [3.63, 3.8) is 0 Å². The molecule has 0 atom stereocenters. The van der Waals surface area contributed by atoms with E-state index in [0.29, 0.717) is 28.1 Å². The van der Waals surface area contributed by atoms with E-state index >= 15 is 0 Å². The number of rotatable bonds is 6. The third kappa shape index (κ3) is 3.45. The number of pyridine rings is 1. The molecule has 0 bridgehead atoms. The zero-order chi connectivity index (χ0) is 18.8. The Morgan fingerprint density at radius 2 is 2.04 bits per heavy atom. The predicted octanol–water partition coefficient (Wildman–Crippen LogP) is 3.10. The van der Waals surface area contributed by atoms with Gasteiger partial charge in [0.1, 0.15) is 21.2 Å². The first-order valence-electron chi connectivity index (χ1n) is 7.82. The first kappa shape index (κ1) is 17.7. The van der Waals surface area contributed by atoms with Crippen molar-refractivity contribution in [2.45, 2.75) is 19.8 Å². The summed E-state index contributed by atoms with van der Waals surface area (Å²) in [4.78, 5) is 27.2. The predicted molar refractivity (Wildman–Crippen MR) is 99.8 cm³/mol. The van der Waals surface area contributed by atoms with E-state index in [4.69, 9.17) is 21.3 Å². The first-order chi connectivity index (χ1) is 12.4. The Morgan fingerprint density at radius 1 is 1.27 bits per heavy atom. The molecule has 3 rings (SSSR count). The number of anilines is 1. The summed E-state index contributed by atoms with van der Waals surface area (Å²) in [6.07, 6.45) is 2.11. The van der Waals surface area contributed by atoms with Gasteiger partial charge in [0.2, 0.25) is 0 Å². The lowest BCUT2D eigenvalue weighted by molar-refractivity contribution is -0.136. The third-order valence-corrected chi connectivity index (χ3v) is 5.03. The van der Waals surface area contributed by atoms with Gasteiger partial charge in [-0.15, -0.1) is 11.3 Å². The van der Waals surface area contributed by atoms with E-state index in [1.54, 1.807) is 18.3 Å². The first-order valence-corrected chi connectivity index (χ1v) is 8.64. The number of carboxylic acids is 1. The third-order valence-electron chi connectivity index (χ3n) is 3.90. The van der Waals surface area contributed by atoms with Crippen LogP contribution < -0.4 is 16.2 Å². The highest BCUT2D eigenvalue weighted by molar-refractivity contribution is 7.21. The number of carbonyl (C=O) groups is 2. The maximum atomic E-state index is 11.5. The number of primary amides is 1. The highest BCUT2D eigenvalue weighted by atomic mass is 32.1. The van der Waals surface area contributed by atoms with Crippen molar-refractivity contribution in [3.05, 3.63) is 46.5 Å². The molecule has 0 radical (unpaired) electrons. The molecule has 0 aliphatic rings. The van der Waals surface area contributed by atoms with Crippen molar-refractivity contribution < 1.29 is 19.4 Å². The summed E-state index contributed by atoms with van der Waals surface area (Å²) in [7, 11) is 0. The topological polar surface area (TPSA) is 129 Å². The number of thiophene rings is 1. The van der Waals surface area contributed by atoms with Gasteiger partial charge in [-0.1, -0.05) is 12.1 Å². The normalized spacial score (nSPS) is 10.8. The van der Waals surface area contributed by atoms with Crippen LogP contribution in [-0.4, -0.2) is 22.0 Å². The fourth-order valence-corrected chi connectivity index (χ4v) is 3.57. The minimum atomic E-state index is -0.833. The molecule has 2 aromatic heterocycles. The van der Waals surface area contributed by atoms with Crippen molar-refractivity contribution in [2.24, 2.45) is 5.73 Å². The summed E-state index contributed by atoms with van der Waals surface area (Å²) in [6.45, 7) is 1.88. The standard InChI is InChI=1S/C18H17N3O4S/c1-9-8-10(3-5-13(22)23)2-4-11(9)25-12-6-7-21-18-14(12)15(19)16(26-18)17(20)24/h2,4,6-8H,3,5,19H2,1H3,(H2,20,24)(H,22,23). The zero-order valence-electron chi connectivity index (χ0n) is 14.0. The number of nitrogen functional groups attached to an aromatic ring is 1. The minimum absolute atomic E-state index is 0.0753. The molecular weight excluding hydrogens is 354 g/mol. The number of nitrogens with two attached hydrogens (primary N) is 2. The molecule has 1 aromatic carbocycles. The van der Waals surface area contributed by atoms with Crippen LogP contribution >= 0.6 is 11.3 Å². The van der Waals surface area contributed by atoms with Crippen LogP contribution in [0.2, 0.25) is 0 Å². The fraction of sp³-hybridized carbons (Fsp3) is 0.167. The van der Waals surface area contributed by atoms with E-state index in [0.717, 1.165) is 22.5 Å². The van der Waals surface area contributed by atoms with E-state index in [1.165, 1.54) is 0 Å². The summed E-state index contributed by atoms with van der Waals surface area (Å²) >= 11 is 1.13. The zero-order valence-corrected chi connectivity index (χ0v) is 14.8. The number of amides is 1. The Labute approximate surface area is 153 Å². The van der Waals surface area contributed by atoms with E-state index in [9.17, 15) is 9.59 Å². The molecule has 8 heteroatoms. The molecule has 0 unspecified atom stereocenters. The molecule has 2 heterocycles. The number of aromatic nitrogens is 1. The van der Waals surface area contributed by atoms with Crippen LogP contribution in [0.3, 0.4) is 0 Å². The Bertz CT molecular complexity index is 1010. The van der Waals surface area contributed by atoms with Gasteiger partial charge in [0.25, 0.3) is 5.91 Å². The lowest BCUT2D eigenvalue weighted by Crippen LogP contribution is -2.10. The van der Waals surface area contributed by atoms with E-state index in [2.05, 4.69) is 4.98 Å². The average Bonchev–Trinajstić information content (AvgIpc) is 2.93. The van der Waals surface area contributed by atoms with Gasteiger partial charge in [0.15, 0.2) is 0 Å². The minimum Gasteiger partial charge on any atom is -0.481 e. The lowest BCUT2D eigenvalue weighted by atomic mass is 10.1. The molecule has 5 N–H and O–H groups in total. The van der Waals surface area contributed by atoms with E-state index in [-0.39, 0.29) is 17.0 Å². The molecule has 1 amide bonds. The highest BCUT2D eigenvalue weighted by Gasteiger charge is 2.19. The van der Waals surface area contributed by atoms with Crippen LogP contribution in [0.1, 0.15) is 27.2 Å². The van der Waals surface area contributed by atoms with Crippen LogP contribution in [0.4, 0.5) is 5.69 Å². The van der Waals surface area contributed by atoms with Gasteiger partial charge in [-0.3, -0.25) is 9.59 Å².